The molecule has 122 valence electrons. The molecule has 1 N–H and O–H groups in total. The van der Waals surface area contributed by atoms with Gasteiger partial charge < -0.3 is 10.2 Å². The van der Waals surface area contributed by atoms with Crippen LogP contribution >= 0.6 is 0 Å². The average Bonchev–Trinajstić information content (AvgIpc) is 2.79. The molecule has 1 aliphatic rings. The first-order valence-electron chi connectivity index (χ1n) is 8.62. The van der Waals surface area contributed by atoms with Gasteiger partial charge in [-0.25, -0.2) is 0 Å². The molecule has 1 saturated carbocycles. The lowest BCUT2D eigenvalue weighted by Gasteiger charge is -2.39. The summed E-state index contributed by atoms with van der Waals surface area (Å²) in [5, 5.41) is 3.18. The largest absolute Gasteiger partial charge is 0.350 e. The molecule has 1 aromatic rings. The fourth-order valence-electron chi connectivity index (χ4n) is 3.41. The lowest BCUT2D eigenvalue weighted by atomic mass is 9.88. The van der Waals surface area contributed by atoms with Gasteiger partial charge in [0.15, 0.2) is 0 Å². The van der Waals surface area contributed by atoms with Crippen LogP contribution in [-0.4, -0.2) is 37.0 Å². The van der Waals surface area contributed by atoms with Crippen molar-refractivity contribution < 1.29 is 4.79 Å². The second kappa shape index (κ2) is 7.77. The first kappa shape index (κ1) is 17.0. The van der Waals surface area contributed by atoms with Crippen molar-refractivity contribution in [3.05, 3.63) is 35.4 Å². The maximum atomic E-state index is 12.4. The standard InChI is InChI=1S/C19H30N2O/c1-4-16-9-11-17(12-10-16)18(22)20-15-19(21(2)3)13-7-5-6-8-14-19/h9-12H,4-8,13-15H2,1-3H3,(H,20,22). The van der Waals surface area contributed by atoms with Crippen molar-refractivity contribution in [2.45, 2.75) is 57.4 Å². The smallest absolute Gasteiger partial charge is 0.251 e. The number of nitrogens with one attached hydrogen (secondary N) is 1. The van der Waals surface area contributed by atoms with Crippen LogP contribution in [0.5, 0.6) is 0 Å². The molecule has 1 aromatic carbocycles. The zero-order valence-electron chi connectivity index (χ0n) is 14.3. The predicted molar refractivity (Wildman–Crippen MR) is 92.3 cm³/mol. The third-order valence-corrected chi connectivity index (χ3v) is 5.19. The monoisotopic (exact) mass is 302 g/mol. The Morgan fingerprint density at radius 2 is 1.68 bits per heavy atom. The van der Waals surface area contributed by atoms with Crippen molar-refractivity contribution in [1.82, 2.24) is 10.2 Å². The van der Waals surface area contributed by atoms with Crippen LogP contribution in [0, 0.1) is 0 Å². The van der Waals surface area contributed by atoms with E-state index >= 15 is 0 Å². The Balaban J connectivity index is 2.00. The number of rotatable bonds is 5. The van der Waals surface area contributed by atoms with Crippen molar-refractivity contribution in [3.63, 3.8) is 0 Å². The van der Waals surface area contributed by atoms with Gasteiger partial charge in [-0.05, 0) is 51.1 Å². The third-order valence-electron chi connectivity index (χ3n) is 5.19. The summed E-state index contributed by atoms with van der Waals surface area (Å²) in [5.41, 5.74) is 2.15. The molecule has 2 rings (SSSR count). The van der Waals surface area contributed by atoms with Crippen LogP contribution in [0.25, 0.3) is 0 Å². The van der Waals surface area contributed by atoms with Crippen LogP contribution in [0.4, 0.5) is 0 Å². The number of benzene rings is 1. The van der Waals surface area contributed by atoms with Crippen LogP contribution in [0.2, 0.25) is 0 Å². The normalized spacial score (nSPS) is 18.0. The summed E-state index contributed by atoms with van der Waals surface area (Å²) < 4.78 is 0. The molecule has 1 fully saturated rings. The zero-order chi connectivity index (χ0) is 16.0. The van der Waals surface area contributed by atoms with E-state index in [1.54, 1.807) is 0 Å². The van der Waals surface area contributed by atoms with Gasteiger partial charge in [0.25, 0.3) is 5.91 Å². The van der Waals surface area contributed by atoms with Crippen LogP contribution in [0.3, 0.4) is 0 Å². The summed E-state index contributed by atoms with van der Waals surface area (Å²) in [5.74, 6) is 0.0492. The van der Waals surface area contributed by atoms with Gasteiger partial charge in [0.05, 0.1) is 0 Å². The van der Waals surface area contributed by atoms with E-state index in [0.29, 0.717) is 0 Å². The molecule has 0 radical (unpaired) electrons. The van der Waals surface area contributed by atoms with Gasteiger partial charge >= 0.3 is 0 Å². The zero-order valence-corrected chi connectivity index (χ0v) is 14.3. The molecule has 0 aliphatic heterocycles. The van der Waals surface area contributed by atoms with Gasteiger partial charge in [0, 0.05) is 17.6 Å². The minimum Gasteiger partial charge on any atom is -0.350 e. The summed E-state index contributed by atoms with van der Waals surface area (Å²) in [4.78, 5) is 14.7. The maximum Gasteiger partial charge on any atom is 0.251 e. The second-order valence-electron chi connectivity index (χ2n) is 6.77. The minimum absolute atomic E-state index is 0.0492. The molecule has 22 heavy (non-hydrogen) atoms. The van der Waals surface area contributed by atoms with E-state index in [1.807, 2.05) is 24.3 Å². The Bertz CT molecular complexity index is 471. The summed E-state index contributed by atoms with van der Waals surface area (Å²) in [6, 6.07) is 7.96. The molecular weight excluding hydrogens is 272 g/mol. The van der Waals surface area contributed by atoms with E-state index < -0.39 is 0 Å². The Kier molecular flexibility index (Phi) is 6.01. The van der Waals surface area contributed by atoms with Gasteiger partial charge in [0.2, 0.25) is 0 Å². The Morgan fingerprint density at radius 1 is 1.09 bits per heavy atom. The van der Waals surface area contributed by atoms with Gasteiger partial charge in [-0.15, -0.1) is 0 Å². The van der Waals surface area contributed by atoms with Crippen molar-refractivity contribution in [2.24, 2.45) is 0 Å². The molecule has 3 heteroatoms. The molecular formula is C19H30N2O. The topological polar surface area (TPSA) is 32.3 Å². The lowest BCUT2D eigenvalue weighted by Crippen LogP contribution is -2.52. The minimum atomic E-state index is 0.0492. The molecule has 0 atom stereocenters. The number of nitrogens with zero attached hydrogens (tertiary/aromatic N) is 1. The number of aryl methyl sites for hydroxylation is 1. The number of hydrogen-bond donors (Lipinski definition) is 1. The SMILES string of the molecule is CCc1ccc(C(=O)NCC2(N(C)C)CCCCCC2)cc1. The molecule has 0 bridgehead atoms. The summed E-state index contributed by atoms with van der Waals surface area (Å²) in [7, 11) is 4.29. The number of amides is 1. The Labute approximate surface area is 135 Å². The summed E-state index contributed by atoms with van der Waals surface area (Å²) >= 11 is 0. The number of carbonyl (C=O) groups excluding carboxylic acids is 1. The van der Waals surface area contributed by atoms with E-state index in [0.717, 1.165) is 18.5 Å². The summed E-state index contributed by atoms with van der Waals surface area (Å²) in [6.07, 6.45) is 8.53. The first-order chi connectivity index (χ1) is 10.6. The molecule has 1 aliphatic carbocycles. The van der Waals surface area contributed by atoms with Crippen LogP contribution < -0.4 is 5.32 Å². The number of hydrogen-bond acceptors (Lipinski definition) is 2. The molecule has 0 spiro atoms. The van der Waals surface area contributed by atoms with Crippen molar-refractivity contribution in [2.75, 3.05) is 20.6 Å². The van der Waals surface area contributed by atoms with Gasteiger partial charge in [-0.2, -0.15) is 0 Å². The van der Waals surface area contributed by atoms with E-state index in [9.17, 15) is 4.79 Å². The van der Waals surface area contributed by atoms with Crippen LogP contribution in [-0.2, 0) is 6.42 Å². The quantitative estimate of drug-likeness (QED) is 0.842. The van der Waals surface area contributed by atoms with Crippen molar-refractivity contribution in [1.29, 1.82) is 0 Å². The molecule has 0 unspecified atom stereocenters. The summed E-state index contributed by atoms with van der Waals surface area (Å²) in [6.45, 7) is 2.87. The first-order valence-corrected chi connectivity index (χ1v) is 8.62. The second-order valence-corrected chi connectivity index (χ2v) is 6.77. The third kappa shape index (κ3) is 4.10. The van der Waals surface area contributed by atoms with E-state index in [2.05, 4.69) is 31.2 Å². The van der Waals surface area contributed by atoms with Crippen molar-refractivity contribution in [3.8, 4) is 0 Å². The lowest BCUT2D eigenvalue weighted by molar-refractivity contribution is 0.0869. The highest BCUT2D eigenvalue weighted by molar-refractivity contribution is 5.94. The Hall–Kier alpha value is -1.35. The predicted octanol–water partition coefficient (Wildman–Crippen LogP) is 3.63. The van der Waals surface area contributed by atoms with Crippen LogP contribution in [0.15, 0.2) is 24.3 Å². The molecule has 0 saturated heterocycles. The average molecular weight is 302 g/mol. The highest BCUT2D eigenvalue weighted by Gasteiger charge is 2.33. The van der Waals surface area contributed by atoms with Crippen LogP contribution in [0.1, 0.15) is 61.4 Å². The molecule has 0 aromatic heterocycles. The van der Waals surface area contributed by atoms with E-state index in [4.69, 9.17) is 0 Å². The fourth-order valence-corrected chi connectivity index (χ4v) is 3.41. The number of carbonyl (C=O) groups is 1. The van der Waals surface area contributed by atoms with Gasteiger partial charge in [-0.1, -0.05) is 44.7 Å². The maximum absolute atomic E-state index is 12.4. The van der Waals surface area contributed by atoms with E-state index in [1.165, 1.54) is 44.1 Å². The number of likely N-dealkylation sites (N-methyl/N-ethyl adjacent to an activating group) is 1. The highest BCUT2D eigenvalue weighted by atomic mass is 16.1. The Morgan fingerprint density at radius 3 is 2.18 bits per heavy atom. The highest BCUT2D eigenvalue weighted by Crippen LogP contribution is 2.30. The van der Waals surface area contributed by atoms with E-state index in [-0.39, 0.29) is 11.4 Å². The van der Waals surface area contributed by atoms with Crippen molar-refractivity contribution >= 4 is 5.91 Å². The molecule has 0 heterocycles. The van der Waals surface area contributed by atoms with Gasteiger partial charge in [-0.3, -0.25) is 4.79 Å². The van der Waals surface area contributed by atoms with Gasteiger partial charge in [0.1, 0.15) is 0 Å². The molecule has 3 nitrogen and oxygen atoms in total. The fraction of sp³-hybridized carbons (Fsp3) is 0.632. The molecule has 1 amide bonds.